The lowest BCUT2D eigenvalue weighted by Gasteiger charge is -2.29. The lowest BCUT2D eigenvalue weighted by molar-refractivity contribution is -0.121. The molecule has 0 aliphatic carbocycles. The number of methoxy groups -OCH3 is 1. The van der Waals surface area contributed by atoms with Crippen LogP contribution < -0.4 is 25.8 Å². The molecule has 7 heteroatoms. The van der Waals surface area contributed by atoms with Crippen molar-refractivity contribution in [2.75, 3.05) is 24.3 Å². The van der Waals surface area contributed by atoms with Crippen molar-refractivity contribution in [1.29, 1.82) is 0 Å². The van der Waals surface area contributed by atoms with E-state index in [4.69, 9.17) is 20.9 Å². The third-order valence-corrected chi connectivity index (χ3v) is 3.68. The predicted molar refractivity (Wildman–Crippen MR) is 94.0 cm³/mol. The summed E-state index contributed by atoms with van der Waals surface area (Å²) in [6.07, 6.45) is 1.59. The van der Waals surface area contributed by atoms with Gasteiger partial charge < -0.3 is 20.9 Å². The van der Waals surface area contributed by atoms with Crippen LogP contribution >= 0.6 is 0 Å². The highest BCUT2D eigenvalue weighted by Crippen LogP contribution is 2.37. The summed E-state index contributed by atoms with van der Waals surface area (Å²) in [5, 5.41) is 0. The molecule has 1 heterocycles. The Balaban J connectivity index is 2.01. The van der Waals surface area contributed by atoms with E-state index in [1.165, 1.54) is 4.90 Å². The molecule has 7 nitrogen and oxygen atoms in total. The third-order valence-electron chi connectivity index (χ3n) is 3.68. The number of amides is 2. The Morgan fingerprint density at radius 3 is 2.60 bits per heavy atom. The molecule has 0 unspecified atom stereocenters. The molecule has 2 aromatic rings. The normalized spacial score (nSPS) is 14.8. The first-order chi connectivity index (χ1) is 12.0. The van der Waals surface area contributed by atoms with Gasteiger partial charge in [0.15, 0.2) is 11.5 Å². The van der Waals surface area contributed by atoms with E-state index in [1.807, 2.05) is 0 Å². The minimum Gasteiger partial charge on any atom is -0.497 e. The summed E-state index contributed by atoms with van der Waals surface area (Å²) < 4.78 is 10.8. The predicted octanol–water partition coefficient (Wildman–Crippen LogP) is 1.53. The number of fused-ring (bicyclic) bond motifs is 1. The molecule has 25 heavy (non-hydrogen) atoms. The summed E-state index contributed by atoms with van der Waals surface area (Å²) in [6, 6.07) is 12.0. The zero-order valence-corrected chi connectivity index (χ0v) is 13.6. The minimum absolute atomic E-state index is 0.0867. The topological polar surface area (TPSA) is 108 Å². The first kappa shape index (κ1) is 16.4. The maximum absolute atomic E-state index is 12.7. The number of nitrogens with two attached hydrogens (primary N) is 2. The van der Waals surface area contributed by atoms with Gasteiger partial charge in [0.05, 0.1) is 12.8 Å². The van der Waals surface area contributed by atoms with E-state index in [2.05, 4.69) is 0 Å². The number of carbonyl (C=O) groups is 2. The van der Waals surface area contributed by atoms with Crippen LogP contribution in [0.4, 0.5) is 11.4 Å². The maximum Gasteiger partial charge on any atom is 0.294 e. The lowest BCUT2D eigenvalue weighted by atomic mass is 10.1. The number of hydrogen-bond donors (Lipinski definition) is 2. The lowest BCUT2D eigenvalue weighted by Crippen LogP contribution is -2.42. The third kappa shape index (κ3) is 3.40. The number of nitrogen functional groups attached to an aromatic ring is 1. The van der Waals surface area contributed by atoms with Gasteiger partial charge in [0, 0.05) is 5.69 Å². The molecule has 128 valence electrons. The second-order valence-corrected chi connectivity index (χ2v) is 5.47. The van der Waals surface area contributed by atoms with Gasteiger partial charge in [0.1, 0.15) is 12.3 Å². The Labute approximate surface area is 144 Å². The van der Waals surface area contributed by atoms with Gasteiger partial charge in [-0.05, 0) is 42.0 Å². The van der Waals surface area contributed by atoms with Gasteiger partial charge in [-0.25, -0.2) is 0 Å². The first-order valence-corrected chi connectivity index (χ1v) is 7.51. The van der Waals surface area contributed by atoms with Crippen LogP contribution in [0.1, 0.15) is 5.56 Å². The summed E-state index contributed by atoms with van der Waals surface area (Å²) in [7, 11) is 1.57. The van der Waals surface area contributed by atoms with Crippen LogP contribution in [0, 0.1) is 0 Å². The van der Waals surface area contributed by atoms with E-state index in [0.717, 1.165) is 5.56 Å². The van der Waals surface area contributed by atoms with Gasteiger partial charge >= 0.3 is 0 Å². The Morgan fingerprint density at radius 2 is 1.96 bits per heavy atom. The molecule has 2 amide bonds. The standard InChI is InChI=1S/C18H17N3O4/c1-24-13-5-2-11(3-6-13)8-16-18(23)21(10-17(20)22)14-9-12(19)4-7-15(14)25-16/h2-9H,10,19H2,1H3,(H2,20,22)/b16-8+. The average molecular weight is 339 g/mol. The molecule has 4 N–H and O–H groups in total. The van der Waals surface area contributed by atoms with E-state index in [9.17, 15) is 9.59 Å². The SMILES string of the molecule is COc1ccc(/C=C2/Oc3ccc(N)cc3N(CC(N)=O)C2=O)cc1. The molecule has 0 saturated carbocycles. The quantitative estimate of drug-likeness (QED) is 0.649. The fourth-order valence-corrected chi connectivity index (χ4v) is 2.49. The molecular formula is C18H17N3O4. The molecule has 0 fully saturated rings. The minimum atomic E-state index is -0.632. The smallest absolute Gasteiger partial charge is 0.294 e. The van der Waals surface area contributed by atoms with Crippen molar-refractivity contribution in [3.63, 3.8) is 0 Å². The molecular weight excluding hydrogens is 322 g/mol. The summed E-state index contributed by atoms with van der Waals surface area (Å²) >= 11 is 0. The molecule has 1 aliphatic heterocycles. The van der Waals surface area contributed by atoms with Crippen LogP contribution in [0.3, 0.4) is 0 Å². The molecule has 0 saturated heterocycles. The van der Waals surface area contributed by atoms with E-state index in [-0.39, 0.29) is 12.3 Å². The van der Waals surface area contributed by atoms with Crippen molar-refractivity contribution >= 4 is 29.3 Å². The zero-order valence-electron chi connectivity index (χ0n) is 13.6. The Morgan fingerprint density at radius 1 is 1.24 bits per heavy atom. The Bertz CT molecular complexity index is 859. The van der Waals surface area contributed by atoms with Crippen molar-refractivity contribution in [1.82, 2.24) is 0 Å². The molecule has 1 aliphatic rings. The van der Waals surface area contributed by atoms with Crippen LogP contribution in [0.2, 0.25) is 0 Å². The number of ether oxygens (including phenoxy) is 2. The Hall–Kier alpha value is -3.48. The highest BCUT2D eigenvalue weighted by Gasteiger charge is 2.31. The highest BCUT2D eigenvalue weighted by molar-refractivity contribution is 6.12. The summed E-state index contributed by atoms with van der Waals surface area (Å²) in [5.74, 6) is 0.118. The van der Waals surface area contributed by atoms with E-state index in [1.54, 1.807) is 55.7 Å². The molecule has 0 aromatic heterocycles. The summed E-state index contributed by atoms with van der Waals surface area (Å²) in [6.45, 7) is -0.265. The van der Waals surface area contributed by atoms with Crippen LogP contribution in [0.15, 0.2) is 48.2 Å². The number of primary amides is 1. The van der Waals surface area contributed by atoms with Crippen LogP contribution in [-0.2, 0) is 9.59 Å². The number of nitrogens with zero attached hydrogens (tertiary/aromatic N) is 1. The fourth-order valence-electron chi connectivity index (χ4n) is 2.49. The van der Waals surface area contributed by atoms with Crippen LogP contribution in [-0.4, -0.2) is 25.5 Å². The van der Waals surface area contributed by atoms with Gasteiger partial charge in [-0.2, -0.15) is 0 Å². The molecule has 2 aromatic carbocycles. The number of anilines is 2. The van der Waals surface area contributed by atoms with Gasteiger partial charge in [0.2, 0.25) is 5.91 Å². The number of carbonyl (C=O) groups excluding carboxylic acids is 2. The van der Waals surface area contributed by atoms with Crippen LogP contribution in [0.25, 0.3) is 6.08 Å². The van der Waals surface area contributed by atoms with Crippen molar-refractivity contribution in [3.05, 3.63) is 53.8 Å². The number of hydrogen-bond acceptors (Lipinski definition) is 5. The second-order valence-electron chi connectivity index (χ2n) is 5.47. The second kappa shape index (κ2) is 6.56. The van der Waals surface area contributed by atoms with E-state index < -0.39 is 11.8 Å². The van der Waals surface area contributed by atoms with Gasteiger partial charge in [-0.15, -0.1) is 0 Å². The summed E-state index contributed by atoms with van der Waals surface area (Å²) in [5.41, 5.74) is 12.7. The van der Waals surface area contributed by atoms with Crippen LogP contribution in [0.5, 0.6) is 11.5 Å². The van der Waals surface area contributed by atoms with Gasteiger partial charge in [-0.3, -0.25) is 14.5 Å². The maximum atomic E-state index is 12.7. The summed E-state index contributed by atoms with van der Waals surface area (Å²) in [4.78, 5) is 25.3. The van der Waals surface area contributed by atoms with Crippen molar-refractivity contribution in [3.8, 4) is 11.5 Å². The average Bonchev–Trinajstić information content (AvgIpc) is 2.59. The van der Waals surface area contributed by atoms with E-state index >= 15 is 0 Å². The number of benzene rings is 2. The van der Waals surface area contributed by atoms with E-state index in [0.29, 0.717) is 22.9 Å². The molecule has 0 atom stereocenters. The first-order valence-electron chi connectivity index (χ1n) is 7.51. The zero-order chi connectivity index (χ0) is 18.0. The highest BCUT2D eigenvalue weighted by atomic mass is 16.5. The van der Waals surface area contributed by atoms with Crippen molar-refractivity contribution in [2.45, 2.75) is 0 Å². The number of rotatable bonds is 4. The Kier molecular flexibility index (Phi) is 4.30. The fraction of sp³-hybridized carbons (Fsp3) is 0.111. The monoisotopic (exact) mass is 339 g/mol. The van der Waals surface area contributed by atoms with Gasteiger partial charge in [-0.1, -0.05) is 12.1 Å². The molecule has 3 rings (SSSR count). The molecule has 0 bridgehead atoms. The van der Waals surface area contributed by atoms with Crippen molar-refractivity contribution < 1.29 is 19.1 Å². The largest absolute Gasteiger partial charge is 0.497 e. The van der Waals surface area contributed by atoms with Gasteiger partial charge in [0.25, 0.3) is 5.91 Å². The molecule has 0 radical (unpaired) electrons. The molecule has 0 spiro atoms. The van der Waals surface area contributed by atoms with Crippen molar-refractivity contribution in [2.24, 2.45) is 5.73 Å².